The van der Waals surface area contributed by atoms with Crippen molar-refractivity contribution in [1.29, 1.82) is 0 Å². The lowest BCUT2D eigenvalue weighted by molar-refractivity contribution is -0.256. The van der Waals surface area contributed by atoms with Gasteiger partial charge in [0.1, 0.15) is 6.54 Å². The molecular formula is C13H14BrN3O4. The third kappa shape index (κ3) is 2.24. The topological polar surface area (TPSA) is 93.9 Å². The number of benzene rings is 1. The fourth-order valence-electron chi connectivity index (χ4n) is 2.57. The van der Waals surface area contributed by atoms with Gasteiger partial charge in [0.2, 0.25) is 0 Å². The molecule has 1 aromatic carbocycles. The van der Waals surface area contributed by atoms with Crippen molar-refractivity contribution < 1.29 is 19.1 Å². The van der Waals surface area contributed by atoms with Gasteiger partial charge in [0.15, 0.2) is 0 Å². The van der Waals surface area contributed by atoms with Crippen molar-refractivity contribution in [3.8, 4) is 0 Å². The van der Waals surface area contributed by atoms with E-state index >= 15 is 0 Å². The van der Waals surface area contributed by atoms with Crippen molar-refractivity contribution in [1.82, 2.24) is 5.43 Å². The summed E-state index contributed by atoms with van der Waals surface area (Å²) in [6.07, 6.45) is 0.724. The molecule has 1 fully saturated rings. The predicted octanol–water partition coefficient (Wildman–Crippen LogP) is 0.375. The van der Waals surface area contributed by atoms with Crippen LogP contribution in [0.2, 0.25) is 0 Å². The molecule has 0 unspecified atom stereocenters. The van der Waals surface area contributed by atoms with Crippen LogP contribution in [-0.4, -0.2) is 31.6 Å². The van der Waals surface area contributed by atoms with Crippen LogP contribution in [0.5, 0.6) is 0 Å². The molecule has 2 aliphatic heterocycles. The third-order valence-electron chi connectivity index (χ3n) is 3.49. The molecule has 0 aromatic heterocycles. The van der Waals surface area contributed by atoms with Gasteiger partial charge in [0.05, 0.1) is 18.9 Å². The minimum atomic E-state index is -1.45. The Kier molecular flexibility index (Phi) is 3.70. The number of nitrogens with zero attached hydrogens (tertiary/aromatic N) is 1. The average Bonchev–Trinajstić information content (AvgIpc) is 2.71. The third-order valence-corrected chi connectivity index (χ3v) is 3.99. The first-order valence-corrected chi connectivity index (χ1v) is 7.27. The van der Waals surface area contributed by atoms with Crippen LogP contribution in [0.4, 0.5) is 5.69 Å². The van der Waals surface area contributed by atoms with Crippen molar-refractivity contribution >= 4 is 33.4 Å². The molecule has 8 heteroatoms. The summed E-state index contributed by atoms with van der Waals surface area (Å²) in [5, 5.41) is 0. The van der Waals surface area contributed by atoms with Gasteiger partial charge in [0.25, 0.3) is 17.6 Å². The number of carbonyl (C=O) groups is 2. The van der Waals surface area contributed by atoms with E-state index in [1.54, 1.807) is 18.2 Å². The van der Waals surface area contributed by atoms with Crippen LogP contribution in [0, 0.1) is 0 Å². The van der Waals surface area contributed by atoms with E-state index in [9.17, 15) is 9.59 Å². The summed E-state index contributed by atoms with van der Waals surface area (Å²) in [5.74, 6) is 2.78. The summed E-state index contributed by atoms with van der Waals surface area (Å²) < 4.78 is 12.1. The fraction of sp³-hybridized carbons (Fsp3) is 0.385. The molecule has 2 aliphatic rings. The zero-order valence-electron chi connectivity index (χ0n) is 11.1. The van der Waals surface area contributed by atoms with E-state index in [2.05, 4.69) is 15.9 Å². The normalized spacial score (nSPS) is 19.7. The number of hydrazine groups is 1. The van der Waals surface area contributed by atoms with Crippen molar-refractivity contribution in [2.75, 3.05) is 24.7 Å². The number of rotatable bonds is 2. The predicted molar refractivity (Wildman–Crippen MR) is 77.0 cm³/mol. The second-order valence-corrected chi connectivity index (χ2v) is 5.70. The molecule has 3 N–H and O–H groups in total. The van der Waals surface area contributed by atoms with Crippen molar-refractivity contribution in [2.24, 2.45) is 5.84 Å². The summed E-state index contributed by atoms with van der Waals surface area (Å²) in [7, 11) is 0. The number of fused-ring (bicyclic) bond motifs is 2. The van der Waals surface area contributed by atoms with E-state index in [0.717, 1.165) is 10.9 Å². The van der Waals surface area contributed by atoms with E-state index in [4.69, 9.17) is 15.3 Å². The molecule has 21 heavy (non-hydrogen) atoms. The van der Waals surface area contributed by atoms with Gasteiger partial charge in [-0.05, 0) is 24.6 Å². The van der Waals surface area contributed by atoms with Gasteiger partial charge in [-0.2, -0.15) is 0 Å². The highest BCUT2D eigenvalue weighted by atomic mass is 79.9. The van der Waals surface area contributed by atoms with Gasteiger partial charge in [0, 0.05) is 10.0 Å². The van der Waals surface area contributed by atoms with Crippen LogP contribution in [0.15, 0.2) is 22.7 Å². The molecule has 0 aliphatic carbocycles. The molecular weight excluding hydrogens is 342 g/mol. The van der Waals surface area contributed by atoms with Gasteiger partial charge in [-0.3, -0.25) is 19.9 Å². The molecule has 0 saturated carbocycles. The van der Waals surface area contributed by atoms with Gasteiger partial charge < -0.3 is 9.47 Å². The van der Waals surface area contributed by atoms with Crippen LogP contribution < -0.4 is 16.2 Å². The molecule has 0 radical (unpaired) electrons. The lowest BCUT2D eigenvalue weighted by atomic mass is 10.1. The first-order valence-electron chi connectivity index (χ1n) is 6.48. The van der Waals surface area contributed by atoms with E-state index < -0.39 is 17.6 Å². The summed E-state index contributed by atoms with van der Waals surface area (Å²) in [6.45, 7) is 0.668. The van der Waals surface area contributed by atoms with Crippen LogP contribution in [0.1, 0.15) is 12.0 Å². The first kappa shape index (κ1) is 14.5. The van der Waals surface area contributed by atoms with E-state index in [1.807, 2.05) is 5.43 Å². The number of carbonyl (C=O) groups excluding carboxylic acids is 2. The molecule has 1 aromatic rings. The number of anilines is 1. The summed E-state index contributed by atoms with van der Waals surface area (Å²) in [6, 6.07) is 5.32. The second kappa shape index (κ2) is 5.38. The SMILES string of the molecule is NNC(=O)CN1C(=O)C2(OCCCO2)c2cc(Br)ccc21. The zero-order valence-corrected chi connectivity index (χ0v) is 12.7. The number of nitrogens with one attached hydrogen (secondary N) is 1. The molecule has 112 valence electrons. The van der Waals surface area contributed by atoms with Crippen LogP contribution in [-0.2, 0) is 24.8 Å². The molecule has 2 amide bonds. The largest absolute Gasteiger partial charge is 0.338 e. The Balaban J connectivity index is 2.07. The van der Waals surface area contributed by atoms with Crippen LogP contribution >= 0.6 is 15.9 Å². The maximum absolute atomic E-state index is 12.7. The van der Waals surface area contributed by atoms with E-state index in [0.29, 0.717) is 24.5 Å². The molecule has 0 atom stereocenters. The highest BCUT2D eigenvalue weighted by molar-refractivity contribution is 9.10. The Morgan fingerprint density at radius 3 is 2.81 bits per heavy atom. The molecule has 1 saturated heterocycles. The monoisotopic (exact) mass is 355 g/mol. The van der Waals surface area contributed by atoms with Gasteiger partial charge >= 0.3 is 0 Å². The number of nitrogens with two attached hydrogens (primary N) is 1. The number of hydrogen-bond donors (Lipinski definition) is 2. The summed E-state index contributed by atoms with van der Waals surface area (Å²) >= 11 is 3.38. The number of hydrogen-bond acceptors (Lipinski definition) is 5. The first-order chi connectivity index (χ1) is 10.1. The van der Waals surface area contributed by atoms with E-state index in [1.165, 1.54) is 4.90 Å². The minimum Gasteiger partial charge on any atom is -0.338 e. The van der Waals surface area contributed by atoms with Crippen molar-refractivity contribution in [3.05, 3.63) is 28.2 Å². The standard InChI is InChI=1S/C13H14BrN3O4/c14-8-2-3-10-9(6-8)13(20-4-1-5-21-13)12(19)17(10)7-11(18)16-15/h2-3,6H,1,4-5,7,15H2,(H,16,18). The quantitative estimate of drug-likeness (QED) is 0.454. The Morgan fingerprint density at radius 1 is 1.43 bits per heavy atom. The maximum Gasteiger partial charge on any atom is 0.293 e. The molecule has 0 bridgehead atoms. The Hall–Kier alpha value is -1.48. The lowest BCUT2D eigenvalue weighted by Crippen LogP contribution is -2.50. The van der Waals surface area contributed by atoms with E-state index in [-0.39, 0.29) is 6.54 Å². The number of ether oxygens (including phenoxy) is 2. The van der Waals surface area contributed by atoms with Crippen molar-refractivity contribution in [2.45, 2.75) is 12.2 Å². The Morgan fingerprint density at radius 2 is 2.14 bits per heavy atom. The Bertz CT molecular complexity index is 601. The number of amides is 2. The maximum atomic E-state index is 12.7. The lowest BCUT2D eigenvalue weighted by Gasteiger charge is -2.32. The van der Waals surface area contributed by atoms with Crippen LogP contribution in [0.3, 0.4) is 0 Å². The second-order valence-electron chi connectivity index (χ2n) is 4.79. The molecule has 7 nitrogen and oxygen atoms in total. The highest BCUT2D eigenvalue weighted by Crippen LogP contribution is 2.45. The van der Waals surface area contributed by atoms with Crippen molar-refractivity contribution in [3.63, 3.8) is 0 Å². The number of halogens is 1. The summed E-state index contributed by atoms with van der Waals surface area (Å²) in [4.78, 5) is 25.6. The summed E-state index contributed by atoms with van der Waals surface area (Å²) in [5.41, 5.74) is 3.22. The molecule has 2 heterocycles. The highest BCUT2D eigenvalue weighted by Gasteiger charge is 2.55. The smallest absolute Gasteiger partial charge is 0.293 e. The molecule has 1 spiro atoms. The Labute approximate surface area is 129 Å². The van der Waals surface area contributed by atoms with Gasteiger partial charge in [-0.15, -0.1) is 0 Å². The van der Waals surface area contributed by atoms with Crippen LogP contribution in [0.25, 0.3) is 0 Å². The molecule has 3 rings (SSSR count). The van der Waals surface area contributed by atoms with Gasteiger partial charge in [-0.25, -0.2) is 5.84 Å². The van der Waals surface area contributed by atoms with Gasteiger partial charge in [-0.1, -0.05) is 15.9 Å². The average molecular weight is 356 g/mol. The fourth-order valence-corrected chi connectivity index (χ4v) is 2.93. The zero-order chi connectivity index (χ0) is 15.0. The minimum absolute atomic E-state index is 0.182.